The molecule has 148 valence electrons. The molecule has 6 nitrogen and oxygen atoms in total. The normalized spacial score (nSPS) is 13.0. The molecule has 9 heteroatoms. The van der Waals surface area contributed by atoms with Crippen LogP contribution >= 0.6 is 0 Å². The highest BCUT2D eigenvalue weighted by molar-refractivity contribution is 5.75. The Morgan fingerprint density at radius 2 is 2.00 bits per heavy atom. The summed E-state index contributed by atoms with van der Waals surface area (Å²) in [6.07, 6.45) is -5.02. The fraction of sp³-hybridized carbons (Fsp3) is 0.500. The van der Waals surface area contributed by atoms with Gasteiger partial charge in [-0.3, -0.25) is 4.79 Å². The van der Waals surface area contributed by atoms with Crippen molar-refractivity contribution >= 4 is 5.91 Å². The number of rotatable bonds is 8. The zero-order chi connectivity index (χ0) is 20.0. The van der Waals surface area contributed by atoms with Crippen LogP contribution < -0.4 is 5.32 Å². The van der Waals surface area contributed by atoms with Crippen LogP contribution in [0.15, 0.2) is 28.8 Å². The largest absolute Gasteiger partial charge is 0.416 e. The average Bonchev–Trinajstić information content (AvgIpc) is 3.08. The SMILES string of the molecule is CC(C)c1noc(CCCC(=O)NCC(O)c2ccccc2C(F)(F)F)n1. The second kappa shape index (κ2) is 8.98. The van der Waals surface area contributed by atoms with E-state index in [1.807, 2.05) is 13.8 Å². The summed E-state index contributed by atoms with van der Waals surface area (Å²) < 4.78 is 44.0. The van der Waals surface area contributed by atoms with Gasteiger partial charge < -0.3 is 14.9 Å². The number of nitrogens with one attached hydrogen (secondary N) is 1. The molecule has 1 unspecified atom stereocenters. The van der Waals surface area contributed by atoms with Gasteiger partial charge in [-0.15, -0.1) is 0 Å². The van der Waals surface area contributed by atoms with Crippen LogP contribution in [0.3, 0.4) is 0 Å². The van der Waals surface area contributed by atoms with Crippen molar-refractivity contribution < 1.29 is 27.6 Å². The molecule has 1 aromatic heterocycles. The number of halogens is 3. The number of aromatic nitrogens is 2. The predicted octanol–water partition coefficient (Wildman–Crippen LogP) is 3.38. The maximum absolute atomic E-state index is 13.0. The molecule has 2 N–H and O–H groups in total. The van der Waals surface area contributed by atoms with E-state index in [9.17, 15) is 23.1 Å². The Balaban J connectivity index is 1.80. The monoisotopic (exact) mass is 385 g/mol. The van der Waals surface area contributed by atoms with Gasteiger partial charge in [0.05, 0.1) is 11.7 Å². The molecule has 27 heavy (non-hydrogen) atoms. The van der Waals surface area contributed by atoms with E-state index < -0.39 is 17.8 Å². The first-order chi connectivity index (χ1) is 12.7. The van der Waals surface area contributed by atoms with Crippen molar-refractivity contribution in [3.05, 3.63) is 47.1 Å². The minimum Gasteiger partial charge on any atom is -0.387 e. The summed E-state index contributed by atoms with van der Waals surface area (Å²) >= 11 is 0. The second-order valence-corrected chi connectivity index (χ2v) is 6.46. The zero-order valence-corrected chi connectivity index (χ0v) is 15.1. The Labute approximate surface area is 154 Å². The third-order valence-electron chi connectivity index (χ3n) is 3.91. The van der Waals surface area contributed by atoms with Gasteiger partial charge >= 0.3 is 6.18 Å². The summed E-state index contributed by atoms with van der Waals surface area (Å²) in [6, 6.07) is 4.75. The molecular weight excluding hydrogens is 363 g/mol. The standard InChI is InChI=1S/C18H22F3N3O3/c1-11(2)17-23-16(27-24-17)9-5-8-15(26)22-10-14(25)12-6-3-4-7-13(12)18(19,20)21/h3-4,6-7,11,14,25H,5,8-10H2,1-2H3,(H,22,26). The van der Waals surface area contributed by atoms with E-state index in [-0.39, 0.29) is 30.4 Å². The summed E-state index contributed by atoms with van der Waals surface area (Å²) in [5, 5.41) is 16.3. The van der Waals surface area contributed by atoms with Crippen LogP contribution in [0.25, 0.3) is 0 Å². The number of carbonyl (C=O) groups is 1. The molecule has 2 rings (SSSR count). The maximum atomic E-state index is 13.0. The zero-order valence-electron chi connectivity index (χ0n) is 15.1. The molecule has 1 aromatic carbocycles. The van der Waals surface area contributed by atoms with Gasteiger partial charge in [-0.25, -0.2) is 0 Å². The molecule has 0 radical (unpaired) electrons. The van der Waals surface area contributed by atoms with Crippen LogP contribution in [-0.2, 0) is 17.4 Å². The number of carbonyl (C=O) groups excluding carboxylic acids is 1. The first kappa shape index (κ1) is 20.9. The van der Waals surface area contributed by atoms with Crippen LogP contribution in [0.4, 0.5) is 13.2 Å². The van der Waals surface area contributed by atoms with Crippen LogP contribution in [0.5, 0.6) is 0 Å². The van der Waals surface area contributed by atoms with E-state index in [2.05, 4.69) is 15.5 Å². The molecule has 2 aromatic rings. The second-order valence-electron chi connectivity index (χ2n) is 6.46. The van der Waals surface area contributed by atoms with E-state index in [4.69, 9.17) is 4.52 Å². The van der Waals surface area contributed by atoms with E-state index in [1.54, 1.807) is 0 Å². The van der Waals surface area contributed by atoms with Gasteiger partial charge in [0.2, 0.25) is 11.8 Å². The lowest BCUT2D eigenvalue weighted by atomic mass is 10.0. The van der Waals surface area contributed by atoms with Gasteiger partial charge in [-0.1, -0.05) is 37.2 Å². The number of aliphatic hydroxyl groups excluding tert-OH is 1. The Kier molecular flexibility index (Phi) is 6.95. The third-order valence-corrected chi connectivity index (χ3v) is 3.91. The Hall–Kier alpha value is -2.42. The van der Waals surface area contributed by atoms with Gasteiger partial charge in [0.1, 0.15) is 0 Å². The molecule has 0 saturated carbocycles. The number of alkyl halides is 3. The summed E-state index contributed by atoms with van der Waals surface area (Å²) in [6.45, 7) is 3.57. The number of aliphatic hydroxyl groups is 1. The lowest BCUT2D eigenvalue weighted by Gasteiger charge is -2.17. The van der Waals surface area contributed by atoms with Crippen LogP contribution in [0.1, 0.15) is 61.6 Å². The number of aryl methyl sites for hydroxylation is 1. The van der Waals surface area contributed by atoms with E-state index in [0.29, 0.717) is 24.6 Å². The highest BCUT2D eigenvalue weighted by Gasteiger charge is 2.34. The molecule has 0 spiro atoms. The van der Waals surface area contributed by atoms with E-state index in [1.165, 1.54) is 18.2 Å². The van der Waals surface area contributed by atoms with Crippen molar-refractivity contribution in [3.8, 4) is 0 Å². The van der Waals surface area contributed by atoms with Gasteiger partial charge in [-0.2, -0.15) is 18.2 Å². The predicted molar refractivity (Wildman–Crippen MR) is 90.7 cm³/mol. The minimum absolute atomic E-state index is 0.132. The molecule has 0 fully saturated rings. The molecule has 1 atom stereocenters. The first-order valence-electron chi connectivity index (χ1n) is 8.62. The fourth-order valence-electron chi connectivity index (χ4n) is 2.46. The van der Waals surface area contributed by atoms with Crippen LogP contribution in [0, 0.1) is 0 Å². The summed E-state index contributed by atoms with van der Waals surface area (Å²) in [7, 11) is 0. The lowest BCUT2D eigenvalue weighted by Crippen LogP contribution is -2.29. The van der Waals surface area contributed by atoms with Gasteiger partial charge in [0.25, 0.3) is 0 Å². The number of benzene rings is 1. The smallest absolute Gasteiger partial charge is 0.387 e. The van der Waals surface area contributed by atoms with E-state index >= 15 is 0 Å². The fourth-order valence-corrected chi connectivity index (χ4v) is 2.46. The maximum Gasteiger partial charge on any atom is 0.416 e. The minimum atomic E-state index is -4.57. The van der Waals surface area contributed by atoms with Crippen molar-refractivity contribution in [2.45, 2.75) is 51.3 Å². The van der Waals surface area contributed by atoms with Crippen molar-refractivity contribution in [1.29, 1.82) is 0 Å². The molecule has 0 aliphatic rings. The Morgan fingerprint density at radius 3 is 2.63 bits per heavy atom. The van der Waals surface area contributed by atoms with Crippen molar-refractivity contribution in [2.24, 2.45) is 0 Å². The van der Waals surface area contributed by atoms with Gasteiger partial charge in [-0.05, 0) is 18.1 Å². The summed E-state index contributed by atoms with van der Waals surface area (Å²) in [5.41, 5.74) is -1.18. The van der Waals surface area contributed by atoms with Crippen LogP contribution in [0.2, 0.25) is 0 Å². The Bertz CT molecular complexity index is 760. The number of nitrogens with zero attached hydrogens (tertiary/aromatic N) is 2. The first-order valence-corrected chi connectivity index (χ1v) is 8.62. The topological polar surface area (TPSA) is 88.2 Å². The number of amides is 1. The quantitative estimate of drug-likeness (QED) is 0.727. The molecule has 0 aliphatic carbocycles. The molecule has 1 heterocycles. The van der Waals surface area contributed by atoms with Crippen molar-refractivity contribution in [2.75, 3.05) is 6.54 Å². The third kappa shape index (κ3) is 6.06. The summed E-state index contributed by atoms with van der Waals surface area (Å²) in [5.74, 6) is 0.806. The van der Waals surface area contributed by atoms with Crippen LogP contribution in [-0.4, -0.2) is 27.7 Å². The Morgan fingerprint density at radius 1 is 1.30 bits per heavy atom. The number of hydrogen-bond donors (Lipinski definition) is 2. The highest BCUT2D eigenvalue weighted by atomic mass is 19.4. The molecular formula is C18H22F3N3O3. The average molecular weight is 385 g/mol. The molecule has 1 amide bonds. The van der Waals surface area contributed by atoms with Crippen molar-refractivity contribution in [1.82, 2.24) is 15.5 Å². The molecule has 0 saturated heterocycles. The molecule has 0 aliphatic heterocycles. The summed E-state index contributed by atoms with van der Waals surface area (Å²) in [4.78, 5) is 16.1. The van der Waals surface area contributed by atoms with Gasteiger partial charge in [0.15, 0.2) is 5.82 Å². The number of hydrogen-bond acceptors (Lipinski definition) is 5. The molecule has 0 bridgehead atoms. The lowest BCUT2D eigenvalue weighted by molar-refractivity contribution is -0.139. The van der Waals surface area contributed by atoms with Crippen molar-refractivity contribution in [3.63, 3.8) is 0 Å². The van der Waals surface area contributed by atoms with Gasteiger partial charge in [0, 0.05) is 25.3 Å². The van der Waals surface area contributed by atoms with E-state index in [0.717, 1.165) is 6.07 Å². The highest BCUT2D eigenvalue weighted by Crippen LogP contribution is 2.34.